The first kappa shape index (κ1) is 27.6. The number of ether oxygens (including phenoxy) is 1. The smallest absolute Gasteiger partial charge is 0.305 e. The Kier molecular flexibility index (Phi) is 8.35. The molecule has 0 saturated carbocycles. The average molecular weight is 560 g/mol. The number of carbonyl (C=O) groups excluding carboxylic acids is 1. The number of amides is 1. The van der Waals surface area contributed by atoms with E-state index in [1.165, 1.54) is 18.4 Å². The van der Waals surface area contributed by atoms with Gasteiger partial charge >= 0.3 is 5.97 Å². The number of methoxy groups -OCH3 is 1. The van der Waals surface area contributed by atoms with E-state index in [0.717, 1.165) is 57.0 Å². The molecule has 1 aliphatic rings. The lowest BCUT2D eigenvalue weighted by Gasteiger charge is -2.18. The minimum absolute atomic E-state index is 0.218. The van der Waals surface area contributed by atoms with Crippen molar-refractivity contribution in [2.75, 3.05) is 25.5 Å². The normalized spacial score (nSPS) is 14.3. The van der Waals surface area contributed by atoms with Crippen molar-refractivity contribution >= 4 is 39.0 Å². The van der Waals surface area contributed by atoms with Gasteiger partial charge in [-0.25, -0.2) is 0 Å². The number of hydrogen-bond acceptors (Lipinski definition) is 7. The molecular formula is C31H33N3O5S. The van der Waals surface area contributed by atoms with Crippen LogP contribution in [0.5, 0.6) is 11.5 Å². The second kappa shape index (κ2) is 12.1. The topological polar surface area (TPSA) is 125 Å². The molecule has 3 aromatic carbocycles. The number of anilines is 1. The van der Waals surface area contributed by atoms with Crippen LogP contribution in [0.2, 0.25) is 0 Å². The highest BCUT2D eigenvalue weighted by Crippen LogP contribution is 2.41. The number of likely N-dealkylation sites (tertiary alicyclic amines) is 1. The number of carbonyl (C=O) groups is 2. The standard InChI is InChI=1S/C31H33N3O5S/c1-39-27-15-19(4-5-21(27)18-34-12-2-3-13-34)14-25-24-11-10-23(35)16-28(24)40-30(25)20-6-8-22(9-7-20)33-31(38)26(32)17-29(36)37/h4-11,15-16,26,35H,2-3,12-14,17-18,32H2,1H3,(H,33,38)(H,36,37)/t26-/m0/s1. The molecule has 5 N–H and O–H groups in total. The van der Waals surface area contributed by atoms with E-state index in [0.29, 0.717) is 12.1 Å². The van der Waals surface area contributed by atoms with E-state index in [-0.39, 0.29) is 5.75 Å². The zero-order valence-electron chi connectivity index (χ0n) is 22.4. The molecule has 8 nitrogen and oxygen atoms in total. The van der Waals surface area contributed by atoms with Crippen molar-refractivity contribution in [1.29, 1.82) is 0 Å². The number of aromatic hydroxyl groups is 1. The predicted octanol–water partition coefficient (Wildman–Crippen LogP) is 5.21. The van der Waals surface area contributed by atoms with Crippen LogP contribution in [0.1, 0.15) is 36.0 Å². The lowest BCUT2D eigenvalue weighted by molar-refractivity contribution is -0.138. The molecule has 5 rings (SSSR count). The van der Waals surface area contributed by atoms with E-state index < -0.39 is 24.3 Å². The maximum atomic E-state index is 12.2. The summed E-state index contributed by atoms with van der Waals surface area (Å²) < 4.78 is 6.77. The molecule has 0 unspecified atom stereocenters. The van der Waals surface area contributed by atoms with Gasteiger partial charge < -0.3 is 26.0 Å². The first-order chi connectivity index (χ1) is 19.3. The molecule has 40 heavy (non-hydrogen) atoms. The molecule has 1 aliphatic heterocycles. The Morgan fingerprint density at radius 2 is 1.82 bits per heavy atom. The second-order valence-electron chi connectivity index (χ2n) is 10.2. The van der Waals surface area contributed by atoms with Gasteiger partial charge in [0.2, 0.25) is 5.91 Å². The van der Waals surface area contributed by atoms with Crippen LogP contribution in [0.15, 0.2) is 60.7 Å². The van der Waals surface area contributed by atoms with Gasteiger partial charge in [0.25, 0.3) is 0 Å². The maximum Gasteiger partial charge on any atom is 0.305 e. The Bertz CT molecular complexity index is 1530. The third-order valence-electron chi connectivity index (χ3n) is 7.25. The summed E-state index contributed by atoms with van der Waals surface area (Å²) in [6, 6.07) is 18.2. The van der Waals surface area contributed by atoms with Gasteiger partial charge in [-0.15, -0.1) is 11.3 Å². The van der Waals surface area contributed by atoms with Crippen LogP contribution in [0, 0.1) is 0 Å². The SMILES string of the molecule is COc1cc(Cc2c(-c3ccc(NC(=O)[C@@H](N)CC(=O)O)cc3)sc3cc(O)ccc23)ccc1CN1CCCC1. The van der Waals surface area contributed by atoms with Crippen molar-refractivity contribution in [2.24, 2.45) is 5.73 Å². The number of phenols is 1. The van der Waals surface area contributed by atoms with E-state index >= 15 is 0 Å². The fourth-order valence-electron chi connectivity index (χ4n) is 5.18. The summed E-state index contributed by atoms with van der Waals surface area (Å²) in [7, 11) is 1.72. The molecule has 4 aromatic rings. The summed E-state index contributed by atoms with van der Waals surface area (Å²) in [5, 5.41) is 22.8. The number of rotatable bonds is 10. The van der Waals surface area contributed by atoms with Crippen molar-refractivity contribution < 1.29 is 24.5 Å². The van der Waals surface area contributed by atoms with Crippen LogP contribution in [0.3, 0.4) is 0 Å². The van der Waals surface area contributed by atoms with E-state index in [9.17, 15) is 14.7 Å². The first-order valence-corrected chi connectivity index (χ1v) is 14.1. The lowest BCUT2D eigenvalue weighted by atomic mass is 9.97. The lowest BCUT2D eigenvalue weighted by Crippen LogP contribution is -2.37. The number of carboxylic acid groups (broad SMARTS) is 1. The van der Waals surface area contributed by atoms with E-state index in [1.54, 1.807) is 42.7 Å². The average Bonchev–Trinajstić information content (AvgIpc) is 3.57. The zero-order valence-corrected chi connectivity index (χ0v) is 23.2. The van der Waals surface area contributed by atoms with E-state index in [2.05, 4.69) is 28.4 Å². The Morgan fingerprint density at radius 1 is 1.07 bits per heavy atom. The molecule has 1 saturated heterocycles. The number of hydrogen-bond donors (Lipinski definition) is 4. The molecule has 0 spiro atoms. The van der Waals surface area contributed by atoms with Crippen LogP contribution in [0.4, 0.5) is 5.69 Å². The van der Waals surface area contributed by atoms with Gasteiger partial charge in [-0.1, -0.05) is 24.3 Å². The molecular weight excluding hydrogens is 526 g/mol. The van der Waals surface area contributed by atoms with Gasteiger partial charge in [0.1, 0.15) is 11.5 Å². The third-order valence-corrected chi connectivity index (χ3v) is 8.49. The summed E-state index contributed by atoms with van der Waals surface area (Å²) in [4.78, 5) is 26.6. The van der Waals surface area contributed by atoms with Gasteiger partial charge in [-0.05, 0) is 90.8 Å². The van der Waals surface area contributed by atoms with E-state index in [1.807, 2.05) is 18.2 Å². The minimum Gasteiger partial charge on any atom is -0.508 e. The van der Waals surface area contributed by atoms with Gasteiger partial charge in [-0.2, -0.15) is 0 Å². The number of benzene rings is 3. The second-order valence-corrected chi connectivity index (χ2v) is 11.2. The quantitative estimate of drug-likeness (QED) is 0.210. The predicted molar refractivity (Wildman–Crippen MR) is 158 cm³/mol. The van der Waals surface area contributed by atoms with Gasteiger partial charge in [0, 0.05) is 27.4 Å². The number of fused-ring (bicyclic) bond motifs is 1. The molecule has 1 amide bonds. The fraction of sp³-hybridized carbons (Fsp3) is 0.290. The van der Waals surface area contributed by atoms with Crippen molar-refractivity contribution in [2.45, 2.75) is 38.3 Å². The van der Waals surface area contributed by atoms with Crippen molar-refractivity contribution in [1.82, 2.24) is 4.90 Å². The minimum atomic E-state index is -1.13. The maximum absolute atomic E-state index is 12.2. The van der Waals surface area contributed by atoms with Crippen LogP contribution in [0.25, 0.3) is 20.5 Å². The van der Waals surface area contributed by atoms with Crippen LogP contribution >= 0.6 is 11.3 Å². The van der Waals surface area contributed by atoms with Crippen molar-refractivity contribution in [3.05, 3.63) is 77.4 Å². The molecule has 1 aromatic heterocycles. The Hall–Kier alpha value is -3.92. The van der Waals surface area contributed by atoms with Crippen molar-refractivity contribution in [3.63, 3.8) is 0 Å². The van der Waals surface area contributed by atoms with E-state index in [4.69, 9.17) is 15.6 Å². The number of phenolic OH excluding ortho intramolecular Hbond substituents is 1. The monoisotopic (exact) mass is 559 g/mol. The molecule has 2 heterocycles. The van der Waals surface area contributed by atoms with Crippen molar-refractivity contribution in [3.8, 4) is 21.9 Å². The number of carboxylic acids is 1. The molecule has 9 heteroatoms. The number of nitrogens with two attached hydrogens (primary N) is 1. The molecule has 0 radical (unpaired) electrons. The summed E-state index contributed by atoms with van der Waals surface area (Å²) in [5.74, 6) is -0.560. The number of nitrogens with zero attached hydrogens (tertiary/aromatic N) is 1. The Labute approximate surface area is 237 Å². The van der Waals surface area contributed by atoms with Crippen LogP contribution in [-0.2, 0) is 22.6 Å². The first-order valence-electron chi connectivity index (χ1n) is 13.3. The molecule has 208 valence electrons. The summed E-state index contributed by atoms with van der Waals surface area (Å²) >= 11 is 1.61. The van der Waals surface area contributed by atoms with Crippen LogP contribution < -0.4 is 15.8 Å². The van der Waals surface area contributed by atoms with Crippen LogP contribution in [-0.4, -0.2) is 53.2 Å². The molecule has 1 atom stereocenters. The Balaban J connectivity index is 1.43. The molecule has 1 fully saturated rings. The Morgan fingerprint density at radius 3 is 2.52 bits per heavy atom. The highest BCUT2D eigenvalue weighted by Gasteiger charge is 2.19. The highest BCUT2D eigenvalue weighted by atomic mass is 32.1. The van der Waals surface area contributed by atoms with Gasteiger partial charge in [0.05, 0.1) is 19.6 Å². The summed E-state index contributed by atoms with van der Waals surface area (Å²) in [6.07, 6.45) is 2.74. The fourth-order valence-corrected chi connectivity index (χ4v) is 6.44. The molecule has 0 aliphatic carbocycles. The summed E-state index contributed by atoms with van der Waals surface area (Å²) in [5.41, 5.74) is 10.7. The number of nitrogens with one attached hydrogen (secondary N) is 1. The zero-order chi connectivity index (χ0) is 28.2. The molecule has 0 bridgehead atoms. The largest absolute Gasteiger partial charge is 0.508 e. The van der Waals surface area contributed by atoms with Gasteiger partial charge in [0.15, 0.2) is 0 Å². The number of thiophene rings is 1. The third kappa shape index (κ3) is 6.28. The number of aliphatic carboxylic acids is 1. The summed E-state index contributed by atoms with van der Waals surface area (Å²) in [6.45, 7) is 3.14. The highest BCUT2D eigenvalue weighted by molar-refractivity contribution is 7.22. The van der Waals surface area contributed by atoms with Gasteiger partial charge in [-0.3, -0.25) is 14.5 Å².